The fraction of sp³-hybridized carbons (Fsp3) is 0.269. The first kappa shape index (κ1) is 21.0. The van der Waals surface area contributed by atoms with E-state index in [2.05, 4.69) is 27.8 Å². The largest absolute Gasteiger partial charge is 0.496 e. The highest BCUT2D eigenvalue weighted by atomic mass is 16.5. The van der Waals surface area contributed by atoms with Crippen LogP contribution in [-0.4, -0.2) is 47.4 Å². The number of piperidine rings is 1. The molecule has 168 valence electrons. The molecule has 1 amide bonds. The number of carbonyl (C=O) groups excluding carboxylic acids is 1. The molecule has 0 radical (unpaired) electrons. The Bertz CT molecular complexity index is 1180. The third-order valence-electron chi connectivity index (χ3n) is 6.25. The predicted octanol–water partition coefficient (Wildman–Crippen LogP) is 4.20. The van der Waals surface area contributed by atoms with Gasteiger partial charge in [-0.3, -0.25) is 9.79 Å². The van der Waals surface area contributed by atoms with Crippen LogP contribution in [0.3, 0.4) is 0 Å². The number of hydrogen-bond donors (Lipinski definition) is 2. The van der Waals surface area contributed by atoms with Crippen molar-refractivity contribution in [3.63, 3.8) is 0 Å². The lowest BCUT2D eigenvalue weighted by atomic mass is 9.85. The average molecular weight is 442 g/mol. The first-order chi connectivity index (χ1) is 16.2. The molecule has 0 saturated carbocycles. The Morgan fingerprint density at radius 2 is 1.94 bits per heavy atom. The van der Waals surface area contributed by atoms with Crippen LogP contribution in [0.15, 0.2) is 77.9 Å². The number of rotatable bonds is 4. The average Bonchev–Trinajstić information content (AvgIpc) is 2.87. The van der Waals surface area contributed by atoms with Crippen LogP contribution in [0.25, 0.3) is 0 Å². The summed E-state index contributed by atoms with van der Waals surface area (Å²) in [6.45, 7) is 1.74. The zero-order valence-corrected chi connectivity index (χ0v) is 18.6. The third-order valence-corrected chi connectivity index (χ3v) is 6.25. The van der Waals surface area contributed by atoms with E-state index in [1.165, 1.54) is 0 Å². The van der Waals surface area contributed by atoms with Crippen molar-refractivity contribution in [1.82, 2.24) is 9.88 Å². The van der Waals surface area contributed by atoms with Crippen molar-refractivity contribution >= 4 is 23.2 Å². The second-order valence-electron chi connectivity index (χ2n) is 8.41. The van der Waals surface area contributed by atoms with Gasteiger partial charge in [-0.1, -0.05) is 42.5 Å². The van der Waals surface area contributed by atoms with Crippen LogP contribution < -0.4 is 15.4 Å². The maximum Gasteiger partial charge on any atom is 0.257 e. The summed E-state index contributed by atoms with van der Waals surface area (Å²) in [5.41, 5.74) is 2.11. The molecular weight excluding hydrogens is 414 g/mol. The SMILES string of the molecule is COc1ccccc1C(=O)N1CCC[C@]2(C1)Nc1cccnc1NC2=NCc1ccccc1. The number of para-hydroxylation sites is 1. The van der Waals surface area contributed by atoms with Crippen molar-refractivity contribution in [3.05, 3.63) is 84.1 Å². The molecule has 1 spiro atoms. The number of amidine groups is 1. The highest BCUT2D eigenvalue weighted by Gasteiger charge is 2.45. The van der Waals surface area contributed by atoms with Gasteiger partial charge >= 0.3 is 0 Å². The Hall–Kier alpha value is -3.87. The number of aliphatic imine (C=N–C) groups is 1. The van der Waals surface area contributed by atoms with Gasteiger partial charge in [0.15, 0.2) is 5.82 Å². The molecule has 1 fully saturated rings. The fourth-order valence-corrected chi connectivity index (χ4v) is 4.62. The first-order valence-electron chi connectivity index (χ1n) is 11.2. The predicted molar refractivity (Wildman–Crippen MR) is 130 cm³/mol. The van der Waals surface area contributed by atoms with Gasteiger partial charge in [0, 0.05) is 12.7 Å². The molecule has 2 aromatic carbocycles. The van der Waals surface area contributed by atoms with Crippen molar-refractivity contribution in [2.45, 2.75) is 24.9 Å². The zero-order valence-electron chi connectivity index (χ0n) is 18.6. The molecule has 1 saturated heterocycles. The van der Waals surface area contributed by atoms with E-state index in [9.17, 15) is 4.79 Å². The minimum absolute atomic E-state index is 0.0345. The Balaban J connectivity index is 1.48. The van der Waals surface area contributed by atoms with Gasteiger partial charge in [-0.15, -0.1) is 0 Å². The van der Waals surface area contributed by atoms with Crippen LogP contribution in [0.4, 0.5) is 11.5 Å². The van der Waals surface area contributed by atoms with Gasteiger partial charge in [0.25, 0.3) is 5.91 Å². The zero-order chi connectivity index (χ0) is 22.7. The highest BCUT2D eigenvalue weighted by Crippen LogP contribution is 2.36. The number of pyridine rings is 1. The molecule has 3 aromatic rings. The number of benzene rings is 2. The number of ether oxygens (including phenoxy) is 1. The summed E-state index contributed by atoms with van der Waals surface area (Å²) >= 11 is 0. The van der Waals surface area contributed by atoms with E-state index >= 15 is 0 Å². The number of hydrogen-bond acceptors (Lipinski definition) is 5. The highest BCUT2D eigenvalue weighted by molar-refractivity contribution is 6.09. The molecule has 7 nitrogen and oxygen atoms in total. The maximum atomic E-state index is 13.5. The summed E-state index contributed by atoms with van der Waals surface area (Å²) in [5.74, 6) is 2.12. The summed E-state index contributed by atoms with van der Waals surface area (Å²) in [6.07, 6.45) is 3.48. The molecule has 0 unspecified atom stereocenters. The smallest absolute Gasteiger partial charge is 0.257 e. The molecule has 33 heavy (non-hydrogen) atoms. The number of amides is 1. The molecule has 0 bridgehead atoms. The van der Waals surface area contributed by atoms with Gasteiger partial charge in [0.2, 0.25) is 0 Å². The van der Waals surface area contributed by atoms with Crippen LogP contribution >= 0.6 is 0 Å². The van der Waals surface area contributed by atoms with Crippen molar-refractivity contribution in [3.8, 4) is 5.75 Å². The number of anilines is 2. The molecule has 2 aliphatic heterocycles. The van der Waals surface area contributed by atoms with Crippen LogP contribution in [0, 0.1) is 0 Å². The Morgan fingerprint density at radius 1 is 1.12 bits per heavy atom. The Morgan fingerprint density at radius 3 is 2.79 bits per heavy atom. The summed E-state index contributed by atoms with van der Waals surface area (Å²) < 4.78 is 5.44. The summed E-state index contributed by atoms with van der Waals surface area (Å²) in [6, 6.07) is 21.5. The van der Waals surface area contributed by atoms with E-state index in [0.717, 1.165) is 35.7 Å². The molecule has 7 heteroatoms. The Labute approximate surface area is 193 Å². The number of methoxy groups -OCH3 is 1. The second kappa shape index (κ2) is 8.94. The maximum absolute atomic E-state index is 13.5. The molecule has 3 heterocycles. The van der Waals surface area contributed by atoms with E-state index in [1.54, 1.807) is 13.3 Å². The summed E-state index contributed by atoms with van der Waals surface area (Å²) in [7, 11) is 1.59. The minimum atomic E-state index is -0.513. The van der Waals surface area contributed by atoms with Crippen molar-refractivity contribution in [1.29, 1.82) is 0 Å². The fourth-order valence-electron chi connectivity index (χ4n) is 4.62. The van der Waals surface area contributed by atoms with Crippen LogP contribution in [-0.2, 0) is 6.54 Å². The molecule has 2 aliphatic rings. The van der Waals surface area contributed by atoms with Crippen molar-refractivity contribution < 1.29 is 9.53 Å². The van der Waals surface area contributed by atoms with Crippen molar-refractivity contribution in [2.24, 2.45) is 4.99 Å². The van der Waals surface area contributed by atoms with Gasteiger partial charge in [-0.05, 0) is 42.7 Å². The number of nitrogens with zero attached hydrogens (tertiary/aromatic N) is 3. The molecule has 1 aromatic heterocycles. The van der Waals surface area contributed by atoms with Gasteiger partial charge in [-0.2, -0.15) is 0 Å². The number of carbonyl (C=O) groups is 1. The number of fused-ring (bicyclic) bond motifs is 1. The van der Waals surface area contributed by atoms with E-state index in [4.69, 9.17) is 9.73 Å². The van der Waals surface area contributed by atoms with E-state index < -0.39 is 5.54 Å². The number of likely N-dealkylation sites (tertiary alicyclic amines) is 1. The Kier molecular flexibility index (Phi) is 5.69. The molecule has 5 rings (SSSR count). The summed E-state index contributed by atoms with van der Waals surface area (Å²) in [4.78, 5) is 24.8. The van der Waals surface area contributed by atoms with Gasteiger partial charge in [0.1, 0.15) is 17.1 Å². The molecule has 2 N–H and O–H groups in total. The normalized spacial score (nSPS) is 20.6. The second-order valence-corrected chi connectivity index (χ2v) is 8.41. The molecule has 0 aliphatic carbocycles. The standard InChI is InChI=1S/C26H27N5O2/c1-33-22-13-6-5-11-20(22)24(32)31-16-8-14-26(18-31)25(28-17-19-9-3-2-4-10-19)29-23-21(30-26)12-7-15-27-23/h2-7,9-13,15,30H,8,14,16-18H2,1H3,(H,27,28,29)/t26-/m1/s1. The van der Waals surface area contributed by atoms with Crippen molar-refractivity contribution in [2.75, 3.05) is 30.8 Å². The van der Waals surface area contributed by atoms with E-state index in [-0.39, 0.29) is 5.91 Å². The quantitative estimate of drug-likeness (QED) is 0.634. The van der Waals surface area contributed by atoms with Crippen LogP contribution in [0.1, 0.15) is 28.8 Å². The minimum Gasteiger partial charge on any atom is -0.496 e. The van der Waals surface area contributed by atoms with E-state index in [1.807, 2.05) is 59.5 Å². The topological polar surface area (TPSA) is 78.8 Å². The van der Waals surface area contributed by atoms with Gasteiger partial charge < -0.3 is 20.3 Å². The lowest BCUT2D eigenvalue weighted by molar-refractivity contribution is 0.0691. The van der Waals surface area contributed by atoms with Gasteiger partial charge in [0.05, 0.1) is 31.5 Å². The lowest BCUT2D eigenvalue weighted by Gasteiger charge is -2.47. The van der Waals surface area contributed by atoms with Gasteiger partial charge in [-0.25, -0.2) is 4.98 Å². The summed E-state index contributed by atoms with van der Waals surface area (Å²) in [5, 5.41) is 7.15. The number of aromatic nitrogens is 1. The molecular formula is C26H27N5O2. The van der Waals surface area contributed by atoms with Crippen LogP contribution in [0.2, 0.25) is 0 Å². The van der Waals surface area contributed by atoms with E-state index in [0.29, 0.717) is 30.9 Å². The monoisotopic (exact) mass is 441 g/mol. The lowest BCUT2D eigenvalue weighted by Crippen LogP contribution is -2.62. The number of nitrogens with one attached hydrogen (secondary N) is 2. The first-order valence-corrected chi connectivity index (χ1v) is 11.2. The third kappa shape index (κ3) is 4.14. The molecule has 1 atom stereocenters. The van der Waals surface area contributed by atoms with Crippen LogP contribution in [0.5, 0.6) is 5.75 Å².